The number of carbonyl (C=O) groups excluding carboxylic acids is 1. The molecule has 0 aliphatic heterocycles. The standard InChI is InChI=1S/C25H30N2O4/c1-6-30-19-9-7-18(8-10-19)22-16-31-24-15-23(29-5)20(14-21(22)24)17(2)13-25(28)26-11-12-27(3)4/h7-10,13-16H,6,11-12H2,1-5H3,(H,26,28)/b17-13+. The van der Waals surface area contributed by atoms with E-state index in [1.807, 2.05) is 69.2 Å². The number of nitrogens with zero attached hydrogens (tertiary/aromatic N) is 1. The highest BCUT2D eigenvalue weighted by Crippen LogP contribution is 2.37. The Morgan fingerprint density at radius 3 is 2.58 bits per heavy atom. The van der Waals surface area contributed by atoms with Crippen LogP contribution >= 0.6 is 0 Å². The molecule has 1 aromatic heterocycles. The number of hydrogen-bond acceptors (Lipinski definition) is 5. The van der Waals surface area contributed by atoms with Crippen LogP contribution < -0.4 is 14.8 Å². The van der Waals surface area contributed by atoms with Crippen LogP contribution in [0.25, 0.3) is 27.7 Å². The maximum absolute atomic E-state index is 12.3. The van der Waals surface area contributed by atoms with Crippen LogP contribution in [0.4, 0.5) is 0 Å². The van der Waals surface area contributed by atoms with Gasteiger partial charge in [0.1, 0.15) is 17.1 Å². The second kappa shape index (κ2) is 10.2. The van der Waals surface area contributed by atoms with Crippen molar-refractivity contribution in [3.63, 3.8) is 0 Å². The molecule has 3 aromatic rings. The summed E-state index contributed by atoms with van der Waals surface area (Å²) in [5, 5.41) is 3.87. The van der Waals surface area contributed by atoms with Crippen molar-refractivity contribution >= 4 is 22.4 Å². The lowest BCUT2D eigenvalue weighted by molar-refractivity contribution is -0.116. The lowest BCUT2D eigenvalue weighted by Crippen LogP contribution is -2.30. The van der Waals surface area contributed by atoms with Crippen molar-refractivity contribution in [1.82, 2.24) is 10.2 Å². The van der Waals surface area contributed by atoms with Gasteiger partial charge in [-0.25, -0.2) is 0 Å². The third-order valence-electron chi connectivity index (χ3n) is 5.00. The number of methoxy groups -OCH3 is 1. The van der Waals surface area contributed by atoms with Crippen LogP contribution in [0.1, 0.15) is 19.4 Å². The third kappa shape index (κ3) is 5.47. The second-order valence-corrected chi connectivity index (χ2v) is 7.58. The van der Waals surface area contributed by atoms with Gasteiger partial charge in [0.15, 0.2) is 0 Å². The number of ether oxygens (including phenoxy) is 2. The predicted octanol–water partition coefficient (Wildman–Crippen LogP) is 4.59. The van der Waals surface area contributed by atoms with Crippen molar-refractivity contribution in [3.8, 4) is 22.6 Å². The van der Waals surface area contributed by atoms with Crippen LogP contribution in [0.2, 0.25) is 0 Å². The lowest BCUT2D eigenvalue weighted by atomic mass is 9.99. The summed E-state index contributed by atoms with van der Waals surface area (Å²) in [6, 6.07) is 11.8. The van der Waals surface area contributed by atoms with E-state index in [4.69, 9.17) is 13.9 Å². The predicted molar refractivity (Wildman–Crippen MR) is 125 cm³/mol. The van der Waals surface area contributed by atoms with Gasteiger partial charge in [-0.3, -0.25) is 4.79 Å². The number of amides is 1. The summed E-state index contributed by atoms with van der Waals surface area (Å²) < 4.78 is 16.9. The molecule has 3 rings (SSSR count). The Labute approximate surface area is 183 Å². The topological polar surface area (TPSA) is 63.9 Å². The third-order valence-corrected chi connectivity index (χ3v) is 5.00. The summed E-state index contributed by atoms with van der Waals surface area (Å²) in [5.74, 6) is 1.37. The number of nitrogens with one attached hydrogen (secondary N) is 1. The minimum absolute atomic E-state index is 0.125. The molecule has 2 aromatic carbocycles. The van der Waals surface area contributed by atoms with Crippen LogP contribution in [0, 0.1) is 0 Å². The molecule has 0 radical (unpaired) electrons. The van der Waals surface area contributed by atoms with Crippen molar-refractivity contribution < 1.29 is 18.7 Å². The number of hydrogen-bond donors (Lipinski definition) is 1. The van der Waals surface area contributed by atoms with Gasteiger partial charge in [-0.15, -0.1) is 0 Å². The van der Waals surface area contributed by atoms with E-state index in [2.05, 4.69) is 5.32 Å². The van der Waals surface area contributed by atoms with Gasteiger partial charge >= 0.3 is 0 Å². The molecule has 0 saturated heterocycles. The van der Waals surface area contributed by atoms with Crippen molar-refractivity contribution in [2.75, 3.05) is 40.9 Å². The molecular weight excluding hydrogens is 392 g/mol. The molecule has 164 valence electrons. The number of rotatable bonds is 9. The van der Waals surface area contributed by atoms with Crippen molar-refractivity contribution in [2.45, 2.75) is 13.8 Å². The van der Waals surface area contributed by atoms with Gasteiger partial charge in [0, 0.05) is 41.7 Å². The van der Waals surface area contributed by atoms with Gasteiger partial charge < -0.3 is 24.1 Å². The van der Waals surface area contributed by atoms with E-state index in [0.29, 0.717) is 18.9 Å². The summed E-state index contributed by atoms with van der Waals surface area (Å²) in [4.78, 5) is 14.3. The Balaban J connectivity index is 1.93. The van der Waals surface area contributed by atoms with Gasteiger partial charge in [0.25, 0.3) is 0 Å². The summed E-state index contributed by atoms with van der Waals surface area (Å²) in [7, 11) is 5.56. The molecule has 0 saturated carbocycles. The Morgan fingerprint density at radius 2 is 1.94 bits per heavy atom. The van der Waals surface area contributed by atoms with E-state index in [1.165, 1.54) is 0 Å². The fourth-order valence-corrected chi connectivity index (χ4v) is 3.38. The van der Waals surface area contributed by atoms with Gasteiger partial charge in [-0.2, -0.15) is 0 Å². The maximum Gasteiger partial charge on any atom is 0.244 e. The molecule has 0 fully saturated rings. The fourth-order valence-electron chi connectivity index (χ4n) is 3.38. The first-order valence-electron chi connectivity index (χ1n) is 10.4. The molecule has 0 aliphatic carbocycles. The first-order valence-corrected chi connectivity index (χ1v) is 10.4. The molecule has 6 heteroatoms. The molecule has 1 N–H and O–H groups in total. The maximum atomic E-state index is 12.3. The average molecular weight is 423 g/mol. The van der Waals surface area contributed by atoms with Crippen LogP contribution in [-0.4, -0.2) is 51.7 Å². The normalized spacial score (nSPS) is 11.7. The second-order valence-electron chi connectivity index (χ2n) is 7.58. The molecule has 1 heterocycles. The number of fused-ring (bicyclic) bond motifs is 1. The minimum Gasteiger partial charge on any atom is -0.496 e. The lowest BCUT2D eigenvalue weighted by Gasteiger charge is -2.11. The summed E-state index contributed by atoms with van der Waals surface area (Å²) in [6.07, 6.45) is 3.35. The first kappa shape index (κ1) is 22.4. The molecule has 0 unspecified atom stereocenters. The quantitative estimate of drug-likeness (QED) is 0.511. The summed E-state index contributed by atoms with van der Waals surface area (Å²) in [5.41, 5.74) is 4.41. The van der Waals surface area contributed by atoms with E-state index in [9.17, 15) is 4.79 Å². The van der Waals surface area contributed by atoms with Crippen molar-refractivity contribution in [3.05, 3.63) is 54.3 Å². The number of allylic oxidation sites excluding steroid dienone is 1. The van der Waals surface area contributed by atoms with Crippen LogP contribution in [0.5, 0.6) is 11.5 Å². The molecule has 0 aliphatic rings. The van der Waals surface area contributed by atoms with E-state index < -0.39 is 0 Å². The highest BCUT2D eigenvalue weighted by atomic mass is 16.5. The largest absolute Gasteiger partial charge is 0.496 e. The molecule has 6 nitrogen and oxygen atoms in total. The highest BCUT2D eigenvalue weighted by molar-refractivity contribution is 6.00. The Hall–Kier alpha value is -3.25. The Bertz CT molecular complexity index is 1070. The SMILES string of the molecule is CCOc1ccc(-c2coc3cc(OC)c(/C(C)=C/C(=O)NCCN(C)C)cc23)cc1. The van der Waals surface area contributed by atoms with Gasteiger partial charge in [0.05, 0.1) is 20.0 Å². The summed E-state index contributed by atoms with van der Waals surface area (Å²) >= 11 is 0. The van der Waals surface area contributed by atoms with Gasteiger partial charge in [-0.05, 0) is 57.3 Å². The number of carbonyl (C=O) groups is 1. The number of furan rings is 1. The number of likely N-dealkylation sites (N-methyl/N-ethyl adjacent to an activating group) is 1. The molecule has 31 heavy (non-hydrogen) atoms. The van der Waals surface area contributed by atoms with Crippen LogP contribution in [0.3, 0.4) is 0 Å². The molecule has 1 amide bonds. The molecule has 0 spiro atoms. The smallest absolute Gasteiger partial charge is 0.244 e. The zero-order chi connectivity index (χ0) is 22.4. The highest BCUT2D eigenvalue weighted by Gasteiger charge is 2.15. The monoisotopic (exact) mass is 422 g/mol. The zero-order valence-corrected chi connectivity index (χ0v) is 18.8. The average Bonchev–Trinajstić information content (AvgIpc) is 3.16. The zero-order valence-electron chi connectivity index (χ0n) is 18.8. The van der Waals surface area contributed by atoms with E-state index in [1.54, 1.807) is 19.4 Å². The first-order chi connectivity index (χ1) is 14.9. The minimum atomic E-state index is -0.125. The van der Waals surface area contributed by atoms with Gasteiger partial charge in [-0.1, -0.05) is 12.1 Å². The van der Waals surface area contributed by atoms with Crippen molar-refractivity contribution in [1.29, 1.82) is 0 Å². The van der Waals surface area contributed by atoms with Gasteiger partial charge in [0.2, 0.25) is 5.91 Å². The Morgan fingerprint density at radius 1 is 1.19 bits per heavy atom. The fraction of sp³-hybridized carbons (Fsp3) is 0.320. The Kier molecular flexibility index (Phi) is 7.36. The molecule has 0 bridgehead atoms. The van der Waals surface area contributed by atoms with Crippen LogP contribution in [-0.2, 0) is 4.79 Å². The van der Waals surface area contributed by atoms with E-state index in [0.717, 1.165) is 45.5 Å². The molecule has 0 atom stereocenters. The van der Waals surface area contributed by atoms with Crippen molar-refractivity contribution in [2.24, 2.45) is 0 Å². The van der Waals surface area contributed by atoms with E-state index in [-0.39, 0.29) is 5.91 Å². The van der Waals surface area contributed by atoms with E-state index >= 15 is 0 Å². The number of benzene rings is 2. The van der Waals surface area contributed by atoms with Crippen LogP contribution in [0.15, 0.2) is 53.2 Å². The molecular formula is C25H30N2O4. The summed E-state index contributed by atoms with van der Waals surface area (Å²) in [6.45, 7) is 5.88.